The van der Waals surface area contributed by atoms with Gasteiger partial charge in [0.1, 0.15) is 5.75 Å². The third-order valence-corrected chi connectivity index (χ3v) is 5.06. The summed E-state index contributed by atoms with van der Waals surface area (Å²) in [7, 11) is 6.49. The van der Waals surface area contributed by atoms with Crippen LogP contribution in [0.3, 0.4) is 0 Å². The zero-order valence-corrected chi connectivity index (χ0v) is 17.4. The van der Waals surface area contributed by atoms with Gasteiger partial charge in [-0.1, -0.05) is 18.2 Å². The Hall–Kier alpha value is -3.73. The fraction of sp³-hybridized carbons (Fsp3) is 0.160. The van der Waals surface area contributed by atoms with E-state index in [4.69, 9.17) is 23.9 Å². The van der Waals surface area contributed by atoms with Crippen LogP contribution in [0.4, 0.5) is 0 Å². The van der Waals surface area contributed by atoms with Crippen molar-refractivity contribution in [3.8, 4) is 45.4 Å². The Morgan fingerprint density at radius 3 is 1.90 bits per heavy atom. The average molecular weight is 401 g/mol. The highest BCUT2D eigenvalue weighted by atomic mass is 16.5. The number of nitrogens with zero attached hydrogens (tertiary/aromatic N) is 1. The maximum Gasteiger partial charge on any atom is 0.203 e. The van der Waals surface area contributed by atoms with Crippen molar-refractivity contribution in [1.82, 2.24) is 4.98 Å². The number of hydrogen-bond donors (Lipinski definition) is 0. The molecule has 5 heteroatoms. The van der Waals surface area contributed by atoms with Crippen LogP contribution in [0.1, 0.15) is 0 Å². The molecule has 4 aromatic rings. The van der Waals surface area contributed by atoms with E-state index in [1.807, 2.05) is 54.6 Å². The van der Waals surface area contributed by atoms with E-state index in [1.165, 1.54) is 0 Å². The van der Waals surface area contributed by atoms with Crippen molar-refractivity contribution in [3.05, 3.63) is 66.7 Å². The van der Waals surface area contributed by atoms with Crippen molar-refractivity contribution in [1.29, 1.82) is 0 Å². The number of rotatable bonds is 6. The Balaban J connectivity index is 1.99. The lowest BCUT2D eigenvalue weighted by atomic mass is 9.96. The Labute approximate surface area is 175 Å². The predicted octanol–water partition coefficient (Wildman–Crippen LogP) is 5.60. The minimum atomic E-state index is 0.559. The molecule has 0 saturated heterocycles. The Morgan fingerprint density at radius 2 is 1.30 bits per heavy atom. The van der Waals surface area contributed by atoms with Gasteiger partial charge in [0.2, 0.25) is 5.75 Å². The van der Waals surface area contributed by atoms with Crippen LogP contribution in [0.25, 0.3) is 33.3 Å². The summed E-state index contributed by atoms with van der Waals surface area (Å²) in [4.78, 5) is 4.98. The van der Waals surface area contributed by atoms with E-state index in [1.54, 1.807) is 28.4 Å². The molecule has 1 aromatic heterocycles. The molecule has 1 heterocycles. The van der Waals surface area contributed by atoms with Gasteiger partial charge in [-0.3, -0.25) is 0 Å². The van der Waals surface area contributed by atoms with Gasteiger partial charge in [-0.25, -0.2) is 4.98 Å². The molecule has 0 bridgehead atoms. The highest BCUT2D eigenvalue weighted by Crippen LogP contribution is 2.43. The van der Waals surface area contributed by atoms with Gasteiger partial charge < -0.3 is 18.9 Å². The maximum atomic E-state index is 5.56. The molecule has 4 rings (SSSR count). The molecular weight excluding hydrogens is 378 g/mol. The summed E-state index contributed by atoms with van der Waals surface area (Å²) in [5, 5.41) is 1.05. The third kappa shape index (κ3) is 3.50. The number of aromatic nitrogens is 1. The van der Waals surface area contributed by atoms with Gasteiger partial charge >= 0.3 is 0 Å². The lowest BCUT2D eigenvalue weighted by Crippen LogP contribution is -1.97. The summed E-state index contributed by atoms with van der Waals surface area (Å²) in [6.07, 6.45) is 0. The minimum absolute atomic E-state index is 0.559. The first-order chi connectivity index (χ1) is 14.7. The van der Waals surface area contributed by atoms with Crippen LogP contribution < -0.4 is 18.9 Å². The van der Waals surface area contributed by atoms with Crippen molar-refractivity contribution in [2.24, 2.45) is 0 Å². The van der Waals surface area contributed by atoms with Crippen LogP contribution in [0.5, 0.6) is 23.0 Å². The first-order valence-electron chi connectivity index (χ1n) is 9.53. The van der Waals surface area contributed by atoms with E-state index in [9.17, 15) is 0 Å². The zero-order chi connectivity index (χ0) is 21.1. The van der Waals surface area contributed by atoms with Crippen molar-refractivity contribution in [2.75, 3.05) is 28.4 Å². The van der Waals surface area contributed by atoms with Crippen molar-refractivity contribution in [3.63, 3.8) is 0 Å². The number of pyridine rings is 1. The molecule has 3 aromatic carbocycles. The molecule has 0 spiro atoms. The molecule has 0 aliphatic rings. The molecule has 30 heavy (non-hydrogen) atoms. The van der Waals surface area contributed by atoms with Crippen LogP contribution >= 0.6 is 0 Å². The highest BCUT2D eigenvalue weighted by Gasteiger charge is 2.18. The number of benzene rings is 3. The summed E-state index contributed by atoms with van der Waals surface area (Å²) in [5.74, 6) is 2.55. The molecule has 0 N–H and O–H groups in total. The molecular formula is C25H23NO4. The smallest absolute Gasteiger partial charge is 0.203 e. The highest BCUT2D eigenvalue weighted by molar-refractivity contribution is 5.92. The number of para-hydroxylation sites is 1. The predicted molar refractivity (Wildman–Crippen MR) is 119 cm³/mol. The van der Waals surface area contributed by atoms with E-state index in [0.717, 1.165) is 39.0 Å². The number of hydrogen-bond acceptors (Lipinski definition) is 5. The first kappa shape index (κ1) is 19.6. The van der Waals surface area contributed by atoms with Crippen molar-refractivity contribution in [2.45, 2.75) is 0 Å². The van der Waals surface area contributed by atoms with E-state index < -0.39 is 0 Å². The van der Waals surface area contributed by atoms with Crippen LogP contribution in [0, 0.1) is 0 Å². The van der Waals surface area contributed by atoms with Gasteiger partial charge in [0, 0.05) is 16.5 Å². The van der Waals surface area contributed by atoms with Gasteiger partial charge in [0.15, 0.2) is 11.5 Å². The van der Waals surface area contributed by atoms with Crippen molar-refractivity contribution >= 4 is 10.9 Å². The lowest BCUT2D eigenvalue weighted by Gasteiger charge is -2.16. The number of fused-ring (bicyclic) bond motifs is 1. The monoisotopic (exact) mass is 401 g/mol. The quantitative estimate of drug-likeness (QED) is 0.421. The van der Waals surface area contributed by atoms with Gasteiger partial charge in [-0.15, -0.1) is 0 Å². The van der Waals surface area contributed by atoms with Gasteiger partial charge in [-0.2, -0.15) is 0 Å². The summed E-state index contributed by atoms with van der Waals surface area (Å²) in [6, 6.07) is 22.0. The molecule has 0 saturated carbocycles. The van der Waals surface area contributed by atoms with Crippen LogP contribution in [-0.2, 0) is 0 Å². The zero-order valence-electron chi connectivity index (χ0n) is 17.4. The van der Waals surface area contributed by atoms with Gasteiger partial charge in [-0.05, 0) is 54.1 Å². The SMILES string of the molecule is COc1ccc(-c2nc3ccccc3cc2-c2cc(OC)c(OC)c(OC)c2)cc1. The number of methoxy groups -OCH3 is 4. The molecule has 0 radical (unpaired) electrons. The van der Waals surface area contributed by atoms with Crippen LogP contribution in [0.15, 0.2) is 66.7 Å². The Bertz CT molecular complexity index is 1160. The van der Waals surface area contributed by atoms with E-state index in [0.29, 0.717) is 17.2 Å². The van der Waals surface area contributed by atoms with Crippen LogP contribution in [-0.4, -0.2) is 33.4 Å². The second kappa shape index (κ2) is 8.33. The standard InChI is InChI=1S/C25H23NO4/c1-27-19-11-9-16(10-12-19)24-20(13-17-7-5-6-8-21(17)26-24)18-14-22(28-2)25(30-4)23(15-18)29-3/h5-15H,1-4H3. The molecule has 0 amide bonds. The normalized spacial score (nSPS) is 10.7. The second-order valence-electron chi connectivity index (χ2n) is 6.72. The third-order valence-electron chi connectivity index (χ3n) is 5.06. The Kier molecular flexibility index (Phi) is 5.44. The van der Waals surface area contributed by atoms with E-state index in [-0.39, 0.29) is 0 Å². The van der Waals surface area contributed by atoms with Gasteiger partial charge in [0.25, 0.3) is 0 Å². The average Bonchev–Trinajstić information content (AvgIpc) is 2.82. The fourth-order valence-electron chi connectivity index (χ4n) is 3.54. The fourth-order valence-corrected chi connectivity index (χ4v) is 3.54. The summed E-state index contributed by atoms with van der Waals surface area (Å²) < 4.78 is 21.9. The van der Waals surface area contributed by atoms with Crippen LogP contribution in [0.2, 0.25) is 0 Å². The molecule has 0 atom stereocenters. The first-order valence-corrected chi connectivity index (χ1v) is 9.53. The number of ether oxygens (including phenoxy) is 4. The molecule has 152 valence electrons. The van der Waals surface area contributed by atoms with E-state index >= 15 is 0 Å². The minimum Gasteiger partial charge on any atom is -0.497 e. The molecule has 0 unspecified atom stereocenters. The molecule has 0 aliphatic heterocycles. The summed E-state index contributed by atoms with van der Waals surface area (Å²) in [5.41, 5.74) is 4.68. The maximum absolute atomic E-state index is 5.56. The van der Waals surface area contributed by atoms with E-state index in [2.05, 4.69) is 12.1 Å². The topological polar surface area (TPSA) is 49.8 Å². The largest absolute Gasteiger partial charge is 0.497 e. The molecule has 0 fully saturated rings. The van der Waals surface area contributed by atoms with Crippen molar-refractivity contribution < 1.29 is 18.9 Å². The Morgan fingerprint density at radius 1 is 0.633 bits per heavy atom. The molecule has 5 nitrogen and oxygen atoms in total. The second-order valence-corrected chi connectivity index (χ2v) is 6.72. The summed E-state index contributed by atoms with van der Waals surface area (Å²) in [6.45, 7) is 0. The molecule has 0 aliphatic carbocycles. The summed E-state index contributed by atoms with van der Waals surface area (Å²) >= 11 is 0. The lowest BCUT2D eigenvalue weighted by molar-refractivity contribution is 0.324. The van der Waals surface area contributed by atoms with Gasteiger partial charge in [0.05, 0.1) is 39.6 Å².